The van der Waals surface area contributed by atoms with Crippen molar-refractivity contribution in [1.29, 1.82) is 0 Å². The van der Waals surface area contributed by atoms with Crippen LogP contribution in [0.4, 0.5) is 8.78 Å². The third-order valence-electron chi connectivity index (χ3n) is 2.15. The third-order valence-corrected chi connectivity index (χ3v) is 3.53. The predicted molar refractivity (Wildman–Crippen MR) is 57.6 cm³/mol. The highest BCUT2D eigenvalue weighted by Crippen LogP contribution is 2.20. The van der Waals surface area contributed by atoms with Crippen molar-refractivity contribution in [2.75, 3.05) is 0 Å². The molecule has 14 heavy (non-hydrogen) atoms. The molecular weight excluding hydrogens is 250 g/mol. The molecule has 1 atom stereocenters. The second-order valence-electron chi connectivity index (χ2n) is 3.70. The normalized spacial score (nSPS) is 13.3. The van der Waals surface area contributed by atoms with E-state index >= 15 is 0 Å². The number of rotatable bonds is 3. The van der Waals surface area contributed by atoms with Crippen LogP contribution in [0.5, 0.6) is 0 Å². The van der Waals surface area contributed by atoms with Crippen molar-refractivity contribution < 1.29 is 8.78 Å². The van der Waals surface area contributed by atoms with Crippen LogP contribution < -0.4 is 0 Å². The van der Waals surface area contributed by atoms with E-state index in [9.17, 15) is 8.78 Å². The second-order valence-corrected chi connectivity index (χ2v) is 4.88. The van der Waals surface area contributed by atoms with Crippen molar-refractivity contribution in [1.82, 2.24) is 0 Å². The maximum absolute atomic E-state index is 13.2. The maximum Gasteiger partial charge on any atom is 0.129 e. The highest BCUT2D eigenvalue weighted by atomic mass is 79.9. The van der Waals surface area contributed by atoms with Crippen LogP contribution in [0.25, 0.3) is 0 Å². The van der Waals surface area contributed by atoms with Gasteiger partial charge in [0.15, 0.2) is 0 Å². The van der Waals surface area contributed by atoms with Crippen molar-refractivity contribution in [2.45, 2.75) is 25.1 Å². The van der Waals surface area contributed by atoms with Crippen LogP contribution in [-0.2, 0) is 6.42 Å². The minimum atomic E-state index is -0.526. The van der Waals surface area contributed by atoms with E-state index in [1.165, 1.54) is 12.1 Å². The molecule has 0 amide bonds. The summed E-state index contributed by atoms with van der Waals surface area (Å²) in [6.07, 6.45) is 0.587. The van der Waals surface area contributed by atoms with E-state index in [1.807, 2.05) is 0 Å². The van der Waals surface area contributed by atoms with Gasteiger partial charge in [0.05, 0.1) is 0 Å². The van der Waals surface area contributed by atoms with Crippen molar-refractivity contribution >= 4 is 15.9 Å². The first kappa shape index (κ1) is 11.6. The highest BCUT2D eigenvalue weighted by Gasteiger charge is 2.12. The van der Waals surface area contributed by atoms with Gasteiger partial charge in [-0.15, -0.1) is 0 Å². The molecule has 0 aliphatic carbocycles. The van der Waals surface area contributed by atoms with Gasteiger partial charge in [-0.3, -0.25) is 0 Å². The first-order chi connectivity index (χ1) is 6.50. The lowest BCUT2D eigenvalue weighted by molar-refractivity contribution is 0.555. The number of hydrogen-bond acceptors (Lipinski definition) is 0. The van der Waals surface area contributed by atoms with Crippen LogP contribution in [0.15, 0.2) is 18.2 Å². The molecule has 0 fully saturated rings. The molecule has 1 aromatic rings. The Morgan fingerprint density at radius 2 is 1.93 bits per heavy atom. The molecule has 1 rings (SSSR count). The number of hydrogen-bond donors (Lipinski definition) is 0. The Bertz CT molecular complexity index is 310. The predicted octanol–water partition coefficient (Wildman–Crippen LogP) is 3.93. The van der Waals surface area contributed by atoms with Crippen molar-refractivity contribution in [2.24, 2.45) is 5.92 Å². The molecule has 0 heterocycles. The minimum Gasteiger partial charge on any atom is -0.207 e. The summed E-state index contributed by atoms with van der Waals surface area (Å²) in [5.74, 6) is -0.559. The van der Waals surface area contributed by atoms with Crippen LogP contribution >= 0.6 is 15.9 Å². The summed E-state index contributed by atoms with van der Waals surface area (Å²) in [6.45, 7) is 4.11. The Labute approximate surface area is 91.5 Å². The first-order valence-electron chi connectivity index (χ1n) is 4.58. The van der Waals surface area contributed by atoms with E-state index in [-0.39, 0.29) is 4.83 Å². The van der Waals surface area contributed by atoms with Crippen molar-refractivity contribution in [3.63, 3.8) is 0 Å². The van der Waals surface area contributed by atoms with E-state index in [0.717, 1.165) is 6.07 Å². The second kappa shape index (κ2) is 4.87. The van der Waals surface area contributed by atoms with Gasteiger partial charge in [-0.25, -0.2) is 8.78 Å². The lowest BCUT2D eigenvalue weighted by Gasteiger charge is -2.13. The topological polar surface area (TPSA) is 0 Å². The van der Waals surface area contributed by atoms with Gasteiger partial charge in [0.25, 0.3) is 0 Å². The van der Waals surface area contributed by atoms with Crippen LogP contribution in [0.1, 0.15) is 19.4 Å². The van der Waals surface area contributed by atoms with Crippen LogP contribution in [0.2, 0.25) is 0 Å². The molecule has 0 aromatic heterocycles. The van der Waals surface area contributed by atoms with Gasteiger partial charge < -0.3 is 0 Å². The Morgan fingerprint density at radius 1 is 1.29 bits per heavy atom. The van der Waals surface area contributed by atoms with Gasteiger partial charge in [0.2, 0.25) is 0 Å². The molecule has 0 saturated carbocycles. The number of benzene rings is 1. The van der Waals surface area contributed by atoms with Gasteiger partial charge in [-0.1, -0.05) is 35.8 Å². The molecular formula is C11H13BrF2. The molecule has 0 radical (unpaired) electrons. The molecule has 0 aliphatic heterocycles. The fourth-order valence-corrected chi connectivity index (χ4v) is 1.48. The summed E-state index contributed by atoms with van der Waals surface area (Å²) in [5, 5.41) is 0. The molecule has 0 N–H and O–H groups in total. The Morgan fingerprint density at radius 3 is 2.43 bits per heavy atom. The van der Waals surface area contributed by atoms with Crippen molar-refractivity contribution in [3.8, 4) is 0 Å². The van der Waals surface area contributed by atoms with E-state index in [2.05, 4.69) is 29.8 Å². The Hall–Kier alpha value is -0.440. The molecule has 0 spiro atoms. The fourth-order valence-electron chi connectivity index (χ4n) is 1.13. The SMILES string of the molecule is CC(C)C(Br)Cc1ccc(F)cc1F. The molecule has 0 bridgehead atoms. The Balaban J connectivity index is 2.77. The van der Waals surface area contributed by atoms with Gasteiger partial charge in [0, 0.05) is 10.9 Å². The summed E-state index contributed by atoms with van der Waals surface area (Å²) in [7, 11) is 0. The quantitative estimate of drug-likeness (QED) is 0.725. The summed E-state index contributed by atoms with van der Waals surface area (Å²) in [4.78, 5) is 0.225. The van der Waals surface area contributed by atoms with Gasteiger partial charge in [0.1, 0.15) is 11.6 Å². The first-order valence-corrected chi connectivity index (χ1v) is 5.50. The fraction of sp³-hybridized carbons (Fsp3) is 0.455. The van der Waals surface area contributed by atoms with Gasteiger partial charge >= 0.3 is 0 Å². The number of halogens is 3. The molecule has 1 aromatic carbocycles. The zero-order chi connectivity index (χ0) is 10.7. The summed E-state index contributed by atoms with van der Waals surface area (Å²) in [6, 6.07) is 3.72. The minimum absolute atomic E-state index is 0.225. The largest absolute Gasteiger partial charge is 0.207 e. The standard InChI is InChI=1S/C11H13BrF2/c1-7(2)10(12)5-8-3-4-9(13)6-11(8)14/h3-4,6-7,10H,5H2,1-2H3. The lowest BCUT2D eigenvalue weighted by atomic mass is 10.0. The summed E-state index contributed by atoms with van der Waals surface area (Å²) in [5.41, 5.74) is 0.557. The molecule has 0 nitrogen and oxygen atoms in total. The summed E-state index contributed by atoms with van der Waals surface area (Å²) < 4.78 is 25.8. The summed E-state index contributed by atoms with van der Waals surface area (Å²) >= 11 is 3.47. The molecule has 1 unspecified atom stereocenters. The van der Waals surface area contributed by atoms with Crippen LogP contribution in [-0.4, -0.2) is 4.83 Å². The number of alkyl halides is 1. The third kappa shape index (κ3) is 3.05. The molecule has 0 aliphatic rings. The zero-order valence-electron chi connectivity index (χ0n) is 8.23. The van der Waals surface area contributed by atoms with E-state index in [1.54, 1.807) is 0 Å². The van der Waals surface area contributed by atoms with Gasteiger partial charge in [-0.05, 0) is 24.0 Å². The lowest BCUT2D eigenvalue weighted by Crippen LogP contribution is -2.11. The highest BCUT2D eigenvalue weighted by molar-refractivity contribution is 9.09. The van der Waals surface area contributed by atoms with Crippen LogP contribution in [0, 0.1) is 17.6 Å². The Kier molecular flexibility index (Phi) is 4.05. The van der Waals surface area contributed by atoms with Crippen LogP contribution in [0.3, 0.4) is 0 Å². The average molecular weight is 263 g/mol. The molecule has 78 valence electrons. The monoisotopic (exact) mass is 262 g/mol. The zero-order valence-corrected chi connectivity index (χ0v) is 9.81. The molecule has 0 saturated heterocycles. The van der Waals surface area contributed by atoms with E-state index in [0.29, 0.717) is 17.9 Å². The molecule has 3 heteroatoms. The average Bonchev–Trinajstić information content (AvgIpc) is 2.09. The van der Waals surface area contributed by atoms with Crippen molar-refractivity contribution in [3.05, 3.63) is 35.4 Å². The van der Waals surface area contributed by atoms with E-state index in [4.69, 9.17) is 0 Å². The maximum atomic E-state index is 13.2. The van der Waals surface area contributed by atoms with Gasteiger partial charge in [-0.2, -0.15) is 0 Å². The van der Waals surface area contributed by atoms with E-state index < -0.39 is 11.6 Å². The smallest absolute Gasteiger partial charge is 0.129 e.